The van der Waals surface area contributed by atoms with Gasteiger partial charge >= 0.3 is 6.09 Å². The van der Waals surface area contributed by atoms with Gasteiger partial charge in [0, 0.05) is 13.1 Å². The van der Waals surface area contributed by atoms with E-state index in [1.807, 2.05) is 20.8 Å². The molecule has 0 aromatic heterocycles. The first kappa shape index (κ1) is 17.6. The molecule has 3 rings (SSSR count). The predicted octanol–water partition coefficient (Wildman–Crippen LogP) is 4.20. The van der Waals surface area contributed by atoms with Crippen LogP contribution in [-0.2, 0) is 4.74 Å². The number of hydrogen-bond acceptors (Lipinski definition) is 3. The van der Waals surface area contributed by atoms with E-state index >= 15 is 0 Å². The third kappa shape index (κ3) is 4.47. The minimum atomic E-state index is -0.477. The van der Waals surface area contributed by atoms with E-state index in [1.54, 1.807) is 17.0 Å². The second-order valence-electron chi connectivity index (χ2n) is 7.69. The van der Waals surface area contributed by atoms with Gasteiger partial charge in [-0.15, -0.1) is 0 Å². The maximum Gasteiger partial charge on any atom is 0.410 e. The van der Waals surface area contributed by atoms with Crippen molar-refractivity contribution in [3.05, 3.63) is 47.3 Å². The van der Waals surface area contributed by atoms with Gasteiger partial charge in [-0.25, -0.2) is 9.18 Å². The molecule has 0 saturated carbocycles. The molecular formula is C20H25FN2O2. The Morgan fingerprint density at radius 3 is 2.68 bits per heavy atom. The predicted molar refractivity (Wildman–Crippen MR) is 96.4 cm³/mol. The molecule has 1 aromatic rings. The zero-order chi connectivity index (χ0) is 18.0. The smallest absolute Gasteiger partial charge is 0.410 e. The highest BCUT2D eigenvalue weighted by Gasteiger charge is 2.30. The number of aliphatic imine (C=N–C) groups is 1. The number of halogens is 1. The summed E-state index contributed by atoms with van der Waals surface area (Å²) in [6.45, 7) is 7.72. The molecule has 0 N–H and O–H groups in total. The lowest BCUT2D eigenvalue weighted by molar-refractivity contribution is 0.0182. The van der Waals surface area contributed by atoms with Crippen LogP contribution >= 0.6 is 0 Å². The number of carbonyl (C=O) groups is 1. The summed E-state index contributed by atoms with van der Waals surface area (Å²) in [7, 11) is 0. The fraction of sp³-hybridized carbons (Fsp3) is 0.500. The summed E-state index contributed by atoms with van der Waals surface area (Å²) < 4.78 is 18.6. The van der Waals surface area contributed by atoms with Gasteiger partial charge in [0.2, 0.25) is 0 Å². The van der Waals surface area contributed by atoms with E-state index < -0.39 is 5.60 Å². The fourth-order valence-electron chi connectivity index (χ4n) is 3.26. The van der Waals surface area contributed by atoms with Crippen molar-refractivity contribution >= 4 is 11.8 Å². The first-order valence-electron chi connectivity index (χ1n) is 8.80. The van der Waals surface area contributed by atoms with E-state index in [-0.39, 0.29) is 11.9 Å². The van der Waals surface area contributed by atoms with E-state index in [0.29, 0.717) is 19.0 Å². The molecule has 134 valence electrons. The van der Waals surface area contributed by atoms with E-state index in [1.165, 1.54) is 17.7 Å². The van der Waals surface area contributed by atoms with Crippen molar-refractivity contribution < 1.29 is 13.9 Å². The number of rotatable bonds is 2. The highest BCUT2D eigenvalue weighted by molar-refractivity contribution is 6.10. The highest BCUT2D eigenvalue weighted by Crippen LogP contribution is 2.28. The summed E-state index contributed by atoms with van der Waals surface area (Å²) in [5, 5.41) is 0. The van der Waals surface area contributed by atoms with Crippen LogP contribution in [0.4, 0.5) is 9.18 Å². The Morgan fingerprint density at radius 2 is 2.00 bits per heavy atom. The van der Waals surface area contributed by atoms with Crippen molar-refractivity contribution in [2.75, 3.05) is 19.6 Å². The quantitative estimate of drug-likeness (QED) is 0.807. The van der Waals surface area contributed by atoms with Crippen molar-refractivity contribution in [2.45, 2.75) is 39.2 Å². The van der Waals surface area contributed by atoms with Crippen LogP contribution in [0.15, 0.2) is 40.9 Å². The molecule has 1 unspecified atom stereocenters. The Hall–Kier alpha value is -2.17. The summed E-state index contributed by atoms with van der Waals surface area (Å²) in [4.78, 5) is 18.7. The standard InChI is InChI=1S/C20H25FN2O2/c1-20(2,3)25-19(24)23-10-4-5-15(13-23)16-11-18(22-12-16)14-6-8-17(21)9-7-14/h6-9,11,15H,4-5,10,12-13H2,1-3H3. The number of allylic oxidation sites excluding steroid dienone is 1. The van der Waals surface area contributed by atoms with Gasteiger partial charge in [-0.3, -0.25) is 4.99 Å². The SMILES string of the molecule is CC(C)(C)OC(=O)N1CCCC(C2=CC(c3ccc(F)cc3)=NC2)C1. The lowest BCUT2D eigenvalue weighted by atomic mass is 9.90. The van der Waals surface area contributed by atoms with Crippen LogP contribution in [0.2, 0.25) is 0 Å². The summed E-state index contributed by atoms with van der Waals surface area (Å²) >= 11 is 0. The first-order chi connectivity index (χ1) is 11.8. The molecule has 0 spiro atoms. The lowest BCUT2D eigenvalue weighted by Crippen LogP contribution is -2.43. The Bertz CT molecular complexity index is 701. The summed E-state index contributed by atoms with van der Waals surface area (Å²) in [5.41, 5.74) is 2.59. The van der Waals surface area contributed by atoms with Gasteiger partial charge in [0.1, 0.15) is 11.4 Å². The van der Waals surface area contributed by atoms with Crippen molar-refractivity contribution in [2.24, 2.45) is 10.9 Å². The largest absolute Gasteiger partial charge is 0.444 e. The molecule has 1 saturated heterocycles. The number of hydrogen-bond donors (Lipinski definition) is 0. The number of carbonyl (C=O) groups excluding carboxylic acids is 1. The topological polar surface area (TPSA) is 41.9 Å². The van der Waals surface area contributed by atoms with Crippen molar-refractivity contribution in [3.63, 3.8) is 0 Å². The molecule has 25 heavy (non-hydrogen) atoms. The van der Waals surface area contributed by atoms with Crippen LogP contribution in [-0.4, -0.2) is 41.9 Å². The molecule has 1 aromatic carbocycles. The van der Waals surface area contributed by atoms with Gasteiger partial charge in [-0.2, -0.15) is 0 Å². The van der Waals surface area contributed by atoms with Gasteiger partial charge in [0.15, 0.2) is 0 Å². The van der Waals surface area contributed by atoms with Gasteiger partial charge < -0.3 is 9.64 Å². The average molecular weight is 344 g/mol. The van der Waals surface area contributed by atoms with E-state index in [9.17, 15) is 9.18 Å². The molecule has 0 aliphatic carbocycles. The number of likely N-dealkylation sites (tertiary alicyclic amines) is 1. The molecule has 0 radical (unpaired) electrons. The van der Waals surface area contributed by atoms with E-state index in [2.05, 4.69) is 11.1 Å². The lowest BCUT2D eigenvalue weighted by Gasteiger charge is -2.34. The third-order valence-corrected chi connectivity index (χ3v) is 4.49. The Balaban J connectivity index is 1.65. The van der Waals surface area contributed by atoms with Gasteiger partial charge in [-0.1, -0.05) is 0 Å². The normalized spacial score (nSPS) is 21.0. The van der Waals surface area contributed by atoms with Crippen LogP contribution in [0.25, 0.3) is 0 Å². The van der Waals surface area contributed by atoms with Gasteiger partial charge in [0.25, 0.3) is 0 Å². The van der Waals surface area contributed by atoms with Crippen molar-refractivity contribution in [1.29, 1.82) is 0 Å². The van der Waals surface area contributed by atoms with Gasteiger partial charge in [-0.05, 0) is 81.0 Å². The van der Waals surface area contributed by atoms with Crippen molar-refractivity contribution in [3.8, 4) is 0 Å². The summed E-state index contributed by atoms with van der Waals surface area (Å²) in [5.74, 6) is 0.0646. The van der Waals surface area contributed by atoms with E-state index in [4.69, 9.17) is 4.74 Å². The van der Waals surface area contributed by atoms with Gasteiger partial charge in [0.05, 0.1) is 12.3 Å². The Morgan fingerprint density at radius 1 is 1.28 bits per heavy atom. The minimum Gasteiger partial charge on any atom is -0.444 e. The minimum absolute atomic E-state index is 0.240. The second-order valence-corrected chi connectivity index (χ2v) is 7.69. The molecule has 4 nitrogen and oxygen atoms in total. The Labute approximate surface area is 148 Å². The zero-order valence-electron chi connectivity index (χ0n) is 15.1. The number of ether oxygens (including phenoxy) is 1. The van der Waals surface area contributed by atoms with Crippen LogP contribution in [0, 0.1) is 11.7 Å². The van der Waals surface area contributed by atoms with Crippen LogP contribution in [0.3, 0.4) is 0 Å². The summed E-state index contributed by atoms with van der Waals surface area (Å²) in [6, 6.07) is 6.41. The molecule has 0 bridgehead atoms. The summed E-state index contributed by atoms with van der Waals surface area (Å²) in [6.07, 6.45) is 3.87. The zero-order valence-corrected chi connectivity index (χ0v) is 15.1. The molecule has 2 aliphatic rings. The molecule has 1 atom stereocenters. The molecule has 2 aliphatic heterocycles. The maximum atomic E-state index is 13.1. The molecule has 1 amide bonds. The monoisotopic (exact) mass is 344 g/mol. The van der Waals surface area contributed by atoms with Crippen LogP contribution in [0.1, 0.15) is 39.2 Å². The fourth-order valence-corrected chi connectivity index (χ4v) is 3.26. The number of benzene rings is 1. The molecule has 1 fully saturated rings. The van der Waals surface area contributed by atoms with Crippen molar-refractivity contribution in [1.82, 2.24) is 4.90 Å². The number of nitrogens with zero attached hydrogens (tertiary/aromatic N) is 2. The third-order valence-electron chi connectivity index (χ3n) is 4.49. The number of piperidine rings is 1. The second kappa shape index (κ2) is 6.98. The first-order valence-corrected chi connectivity index (χ1v) is 8.80. The van der Waals surface area contributed by atoms with E-state index in [0.717, 1.165) is 30.7 Å². The molecule has 5 heteroatoms. The number of amides is 1. The molecular weight excluding hydrogens is 319 g/mol. The highest BCUT2D eigenvalue weighted by atomic mass is 19.1. The van der Waals surface area contributed by atoms with Crippen LogP contribution < -0.4 is 0 Å². The maximum absolute atomic E-state index is 13.1. The molecule has 2 heterocycles. The van der Waals surface area contributed by atoms with Crippen LogP contribution in [0.5, 0.6) is 0 Å². The average Bonchev–Trinajstić information content (AvgIpc) is 3.04. The Kier molecular flexibility index (Phi) is 4.93.